The predicted octanol–water partition coefficient (Wildman–Crippen LogP) is 5.33. The van der Waals surface area contributed by atoms with E-state index in [1.807, 2.05) is 24.3 Å². The van der Waals surface area contributed by atoms with Gasteiger partial charge in [0.1, 0.15) is 23.6 Å². The fourth-order valence-corrected chi connectivity index (χ4v) is 3.27. The van der Waals surface area contributed by atoms with Crippen LogP contribution in [0.2, 0.25) is 5.02 Å². The van der Waals surface area contributed by atoms with E-state index in [2.05, 4.69) is 5.16 Å². The Balaban J connectivity index is 1.86. The third kappa shape index (κ3) is 4.24. The van der Waals surface area contributed by atoms with Crippen molar-refractivity contribution in [2.45, 2.75) is 11.4 Å². The van der Waals surface area contributed by atoms with Gasteiger partial charge in [0.25, 0.3) is 0 Å². The zero-order valence-electron chi connectivity index (χ0n) is 13.1. The fourth-order valence-electron chi connectivity index (χ4n) is 2.08. The number of anilines is 1. The Morgan fingerprint density at radius 1 is 1.16 bits per heavy atom. The molecular formula is C17H13ClF2N2O2S. The van der Waals surface area contributed by atoms with E-state index in [1.165, 1.54) is 12.3 Å². The van der Waals surface area contributed by atoms with Gasteiger partial charge in [0.15, 0.2) is 5.82 Å². The molecule has 0 radical (unpaired) electrons. The number of nitrogens with zero attached hydrogens (tertiary/aromatic N) is 2. The molecule has 0 amide bonds. The third-order valence-electron chi connectivity index (χ3n) is 3.35. The maximum atomic E-state index is 14.1. The molecule has 0 saturated heterocycles. The Morgan fingerprint density at radius 3 is 2.56 bits per heavy atom. The number of ether oxygens (including phenoxy) is 1. The van der Waals surface area contributed by atoms with E-state index in [1.54, 1.807) is 17.5 Å². The van der Waals surface area contributed by atoms with Crippen LogP contribution >= 0.6 is 23.5 Å². The van der Waals surface area contributed by atoms with Crippen LogP contribution in [0.25, 0.3) is 0 Å². The van der Waals surface area contributed by atoms with Crippen LogP contribution in [0.3, 0.4) is 0 Å². The van der Waals surface area contributed by atoms with Gasteiger partial charge in [-0.25, -0.2) is 8.78 Å². The van der Waals surface area contributed by atoms with Crippen molar-refractivity contribution < 1.29 is 18.0 Å². The predicted molar refractivity (Wildman–Crippen MR) is 92.9 cm³/mol. The van der Waals surface area contributed by atoms with Crippen LogP contribution in [-0.4, -0.2) is 12.3 Å². The minimum Gasteiger partial charge on any atom is -0.497 e. The zero-order valence-corrected chi connectivity index (χ0v) is 14.7. The quantitative estimate of drug-likeness (QED) is 0.425. The lowest BCUT2D eigenvalue weighted by Crippen LogP contribution is -2.14. The average Bonchev–Trinajstić information content (AvgIpc) is 3.14. The van der Waals surface area contributed by atoms with E-state index in [9.17, 15) is 8.78 Å². The molecule has 0 saturated carbocycles. The van der Waals surface area contributed by atoms with Crippen molar-refractivity contribution in [3.8, 4) is 5.75 Å². The smallest absolute Gasteiger partial charge is 0.182 e. The molecule has 130 valence electrons. The second-order valence-electron chi connectivity index (χ2n) is 5.03. The van der Waals surface area contributed by atoms with Crippen molar-refractivity contribution >= 4 is 29.4 Å². The van der Waals surface area contributed by atoms with Crippen LogP contribution in [0.1, 0.15) is 5.56 Å². The van der Waals surface area contributed by atoms with E-state index in [4.69, 9.17) is 20.9 Å². The van der Waals surface area contributed by atoms with Gasteiger partial charge in [0.2, 0.25) is 0 Å². The molecule has 3 aromatic rings. The topological polar surface area (TPSA) is 38.5 Å². The molecule has 0 fully saturated rings. The second-order valence-corrected chi connectivity index (χ2v) is 6.50. The maximum Gasteiger partial charge on any atom is 0.182 e. The second kappa shape index (κ2) is 7.76. The number of hydrogen-bond donors (Lipinski definition) is 0. The van der Waals surface area contributed by atoms with Gasteiger partial charge in [-0.15, -0.1) is 0 Å². The van der Waals surface area contributed by atoms with E-state index >= 15 is 0 Å². The van der Waals surface area contributed by atoms with Gasteiger partial charge in [-0.3, -0.25) is 4.31 Å². The van der Waals surface area contributed by atoms with E-state index in [-0.39, 0.29) is 9.92 Å². The Morgan fingerprint density at radius 2 is 1.92 bits per heavy atom. The molecule has 0 N–H and O–H groups in total. The normalized spacial score (nSPS) is 10.7. The van der Waals surface area contributed by atoms with Gasteiger partial charge in [-0.1, -0.05) is 28.9 Å². The van der Waals surface area contributed by atoms with Crippen LogP contribution in [0, 0.1) is 11.6 Å². The van der Waals surface area contributed by atoms with Gasteiger partial charge in [-0.2, -0.15) is 0 Å². The van der Waals surface area contributed by atoms with Gasteiger partial charge in [-0.05, 0) is 35.7 Å². The lowest BCUT2D eigenvalue weighted by atomic mass is 10.2. The molecular weight excluding hydrogens is 370 g/mol. The number of aromatic nitrogens is 1. The highest BCUT2D eigenvalue weighted by Crippen LogP contribution is 2.34. The Labute approximate surface area is 152 Å². The van der Waals surface area contributed by atoms with Gasteiger partial charge in [0.05, 0.1) is 23.6 Å². The molecule has 3 rings (SSSR count). The lowest BCUT2D eigenvalue weighted by molar-refractivity contribution is 0.414. The fraction of sp³-hybridized carbons (Fsp3) is 0.118. The van der Waals surface area contributed by atoms with Crippen LogP contribution in [0.4, 0.5) is 14.6 Å². The maximum absolute atomic E-state index is 14.1. The molecule has 0 aliphatic rings. The summed E-state index contributed by atoms with van der Waals surface area (Å²) in [5.74, 6) is -0.261. The summed E-state index contributed by atoms with van der Waals surface area (Å²) in [6.07, 6.45) is 1.42. The molecule has 4 nitrogen and oxygen atoms in total. The molecule has 0 aliphatic heterocycles. The highest BCUT2D eigenvalue weighted by atomic mass is 35.5. The van der Waals surface area contributed by atoms with Crippen molar-refractivity contribution in [2.75, 3.05) is 11.4 Å². The Bertz CT molecular complexity index is 845. The Kier molecular flexibility index (Phi) is 5.45. The first-order valence-electron chi connectivity index (χ1n) is 7.20. The highest BCUT2D eigenvalue weighted by molar-refractivity contribution is 8.00. The van der Waals surface area contributed by atoms with Crippen molar-refractivity contribution in [2.24, 2.45) is 0 Å². The van der Waals surface area contributed by atoms with Crippen molar-refractivity contribution in [1.29, 1.82) is 0 Å². The zero-order chi connectivity index (χ0) is 17.8. The van der Waals surface area contributed by atoms with E-state index < -0.39 is 11.6 Å². The van der Waals surface area contributed by atoms with Crippen molar-refractivity contribution in [1.82, 2.24) is 5.16 Å². The van der Waals surface area contributed by atoms with Crippen molar-refractivity contribution in [3.05, 3.63) is 70.9 Å². The highest BCUT2D eigenvalue weighted by Gasteiger charge is 2.17. The first kappa shape index (κ1) is 17.6. The minimum atomic E-state index is -0.799. The molecule has 0 atom stereocenters. The summed E-state index contributed by atoms with van der Waals surface area (Å²) in [5, 5.41) is 3.74. The summed E-state index contributed by atoms with van der Waals surface area (Å²) < 4.78 is 39.2. The van der Waals surface area contributed by atoms with Gasteiger partial charge >= 0.3 is 0 Å². The summed E-state index contributed by atoms with van der Waals surface area (Å²) in [6, 6.07) is 11.1. The summed E-state index contributed by atoms with van der Waals surface area (Å²) in [5.41, 5.74) is 0.949. The molecule has 2 aromatic carbocycles. The SMILES string of the molecule is COc1ccc(CN(Sc2cc(Cl)c(F)cc2F)c2ccon2)cc1. The Hall–Kier alpha value is -2.25. The molecule has 1 heterocycles. The van der Waals surface area contributed by atoms with Gasteiger partial charge < -0.3 is 9.26 Å². The largest absolute Gasteiger partial charge is 0.497 e. The number of halogens is 3. The van der Waals surface area contributed by atoms with E-state index in [0.717, 1.165) is 29.3 Å². The van der Waals surface area contributed by atoms with Crippen LogP contribution in [0.15, 0.2) is 58.1 Å². The van der Waals surface area contributed by atoms with E-state index in [0.29, 0.717) is 12.4 Å². The number of methoxy groups -OCH3 is 1. The molecule has 8 heteroatoms. The van der Waals surface area contributed by atoms with Crippen LogP contribution < -0.4 is 9.04 Å². The molecule has 0 spiro atoms. The molecule has 1 aromatic heterocycles. The lowest BCUT2D eigenvalue weighted by Gasteiger charge is -2.21. The monoisotopic (exact) mass is 382 g/mol. The molecule has 0 unspecified atom stereocenters. The first-order valence-corrected chi connectivity index (χ1v) is 8.35. The minimum absolute atomic E-state index is 0.145. The summed E-state index contributed by atoms with van der Waals surface area (Å²) in [6.45, 7) is 0.412. The molecule has 0 aliphatic carbocycles. The number of hydrogen-bond acceptors (Lipinski definition) is 5. The summed E-state index contributed by atoms with van der Waals surface area (Å²) >= 11 is 6.82. The summed E-state index contributed by atoms with van der Waals surface area (Å²) in [4.78, 5) is 0.183. The van der Waals surface area contributed by atoms with Crippen LogP contribution in [-0.2, 0) is 6.54 Å². The average molecular weight is 383 g/mol. The number of rotatable bonds is 6. The first-order chi connectivity index (χ1) is 12.1. The third-order valence-corrected chi connectivity index (χ3v) is 4.68. The molecule has 0 bridgehead atoms. The van der Waals surface area contributed by atoms with Crippen LogP contribution in [0.5, 0.6) is 5.75 Å². The van der Waals surface area contributed by atoms with Crippen molar-refractivity contribution in [3.63, 3.8) is 0 Å². The van der Waals surface area contributed by atoms with Gasteiger partial charge in [0, 0.05) is 12.1 Å². The standard InChI is InChI=1S/C17H13ClF2N2O2S/c1-23-12-4-2-11(3-5-12)10-22(17-6-7-24-21-17)25-16-8-13(18)14(19)9-15(16)20/h2-9H,10H2,1H3. The summed E-state index contributed by atoms with van der Waals surface area (Å²) in [7, 11) is 1.59. The molecule has 25 heavy (non-hydrogen) atoms. The number of benzene rings is 2.